The molecule has 0 aromatic heterocycles. The molecule has 0 saturated carbocycles. The van der Waals surface area contributed by atoms with E-state index in [9.17, 15) is 8.42 Å². The third kappa shape index (κ3) is 3.79. The molecule has 0 fully saturated rings. The summed E-state index contributed by atoms with van der Waals surface area (Å²) in [5.41, 5.74) is 0.592. The van der Waals surface area contributed by atoms with Crippen molar-refractivity contribution in [3.8, 4) is 0 Å². The highest BCUT2D eigenvalue weighted by atomic mass is 32.2. The molecular formula is C12H23NO3S. The van der Waals surface area contributed by atoms with Gasteiger partial charge in [-0.3, -0.25) is 0 Å². The highest BCUT2D eigenvalue weighted by Gasteiger charge is 2.32. The summed E-state index contributed by atoms with van der Waals surface area (Å²) in [6.07, 6.45) is 1.99. The van der Waals surface area contributed by atoms with Gasteiger partial charge in [-0.05, 0) is 5.92 Å². The average molecular weight is 261 g/mol. The minimum absolute atomic E-state index is 0.00425. The van der Waals surface area contributed by atoms with Crippen LogP contribution in [0.15, 0.2) is 11.6 Å². The highest BCUT2D eigenvalue weighted by molar-refractivity contribution is 7.89. The maximum absolute atomic E-state index is 12.2. The molecule has 0 unspecified atom stereocenters. The standard InChI is InChI=1S/C12H23NO3S/c1-10(2)11-5-6-13(7-11)17(15,16)9-12(3,4)8-14/h5,10,14H,6-9H2,1-4H3. The Balaban J connectivity index is 2.70. The number of nitrogens with zero attached hydrogens (tertiary/aromatic N) is 1. The monoisotopic (exact) mass is 261 g/mol. The van der Waals surface area contributed by atoms with Crippen molar-refractivity contribution in [3.63, 3.8) is 0 Å². The molecule has 0 bridgehead atoms. The number of aliphatic hydroxyl groups is 1. The number of aliphatic hydroxyl groups excluding tert-OH is 1. The van der Waals surface area contributed by atoms with Crippen LogP contribution in [0.4, 0.5) is 0 Å². The van der Waals surface area contributed by atoms with Crippen molar-refractivity contribution < 1.29 is 13.5 Å². The number of sulfonamides is 1. The van der Waals surface area contributed by atoms with Crippen molar-refractivity contribution in [1.29, 1.82) is 0 Å². The summed E-state index contributed by atoms with van der Waals surface area (Å²) < 4.78 is 25.8. The fourth-order valence-electron chi connectivity index (χ4n) is 1.81. The molecule has 100 valence electrons. The van der Waals surface area contributed by atoms with Crippen LogP contribution in [0.1, 0.15) is 27.7 Å². The van der Waals surface area contributed by atoms with E-state index in [0.29, 0.717) is 19.0 Å². The first-order valence-corrected chi connectivity index (χ1v) is 7.56. The third-order valence-corrected chi connectivity index (χ3v) is 5.26. The van der Waals surface area contributed by atoms with E-state index in [1.165, 1.54) is 9.88 Å². The van der Waals surface area contributed by atoms with Gasteiger partial charge in [0.1, 0.15) is 0 Å². The van der Waals surface area contributed by atoms with Gasteiger partial charge in [-0.15, -0.1) is 0 Å². The molecule has 0 aliphatic carbocycles. The second kappa shape index (κ2) is 5.08. The number of hydrogen-bond acceptors (Lipinski definition) is 3. The van der Waals surface area contributed by atoms with Gasteiger partial charge in [-0.2, -0.15) is 4.31 Å². The fraction of sp³-hybridized carbons (Fsp3) is 0.833. The molecule has 1 aliphatic rings. The molecule has 1 N–H and O–H groups in total. The molecule has 1 heterocycles. The lowest BCUT2D eigenvalue weighted by Crippen LogP contribution is -2.38. The summed E-state index contributed by atoms with van der Waals surface area (Å²) in [7, 11) is -3.27. The zero-order chi connectivity index (χ0) is 13.3. The predicted molar refractivity (Wildman–Crippen MR) is 69.1 cm³/mol. The minimum atomic E-state index is -3.27. The summed E-state index contributed by atoms with van der Waals surface area (Å²) in [4.78, 5) is 0. The van der Waals surface area contributed by atoms with Crippen molar-refractivity contribution in [2.45, 2.75) is 27.7 Å². The number of rotatable bonds is 5. The molecule has 0 spiro atoms. The fourth-order valence-corrected chi connectivity index (χ4v) is 3.72. The predicted octanol–water partition coefficient (Wildman–Crippen LogP) is 1.23. The first-order chi connectivity index (χ1) is 7.68. The first-order valence-electron chi connectivity index (χ1n) is 5.95. The van der Waals surface area contributed by atoms with Crippen molar-refractivity contribution in [3.05, 3.63) is 11.6 Å². The Bertz CT molecular complexity index is 396. The van der Waals surface area contributed by atoms with E-state index >= 15 is 0 Å². The van der Waals surface area contributed by atoms with Crippen molar-refractivity contribution in [2.75, 3.05) is 25.4 Å². The molecule has 1 rings (SSSR count). The van der Waals surface area contributed by atoms with Crippen LogP contribution in [0.3, 0.4) is 0 Å². The Labute approximate surface area is 104 Å². The molecule has 0 amide bonds. The molecule has 4 nitrogen and oxygen atoms in total. The normalized spacial score (nSPS) is 18.8. The molecule has 0 aromatic rings. The van der Waals surface area contributed by atoms with Gasteiger partial charge < -0.3 is 5.11 Å². The highest BCUT2D eigenvalue weighted by Crippen LogP contribution is 2.24. The van der Waals surface area contributed by atoms with E-state index in [-0.39, 0.29) is 12.4 Å². The van der Waals surface area contributed by atoms with Crippen molar-refractivity contribution in [1.82, 2.24) is 4.31 Å². The van der Waals surface area contributed by atoms with Crippen LogP contribution in [0.5, 0.6) is 0 Å². The van der Waals surface area contributed by atoms with Crippen LogP contribution in [0.2, 0.25) is 0 Å². The van der Waals surface area contributed by atoms with E-state index in [1.807, 2.05) is 6.08 Å². The summed E-state index contributed by atoms with van der Waals surface area (Å²) in [5, 5.41) is 9.14. The van der Waals surface area contributed by atoms with Gasteiger partial charge in [0.05, 0.1) is 5.75 Å². The molecule has 0 saturated heterocycles. The average Bonchev–Trinajstić information content (AvgIpc) is 2.65. The zero-order valence-electron chi connectivity index (χ0n) is 11.1. The Hall–Kier alpha value is -0.390. The summed E-state index contributed by atoms with van der Waals surface area (Å²) in [6.45, 7) is 8.51. The smallest absolute Gasteiger partial charge is 0.215 e. The van der Waals surface area contributed by atoms with Crippen molar-refractivity contribution in [2.24, 2.45) is 11.3 Å². The van der Waals surface area contributed by atoms with Gasteiger partial charge in [-0.1, -0.05) is 39.3 Å². The van der Waals surface area contributed by atoms with Crippen LogP contribution in [-0.4, -0.2) is 43.3 Å². The summed E-state index contributed by atoms with van der Waals surface area (Å²) in [5.74, 6) is 0.386. The Kier molecular flexibility index (Phi) is 4.38. The van der Waals surface area contributed by atoms with E-state index in [1.54, 1.807) is 13.8 Å². The topological polar surface area (TPSA) is 57.6 Å². The molecule has 1 aliphatic heterocycles. The quantitative estimate of drug-likeness (QED) is 0.757. The lowest BCUT2D eigenvalue weighted by molar-refractivity contribution is 0.177. The summed E-state index contributed by atoms with van der Waals surface area (Å²) >= 11 is 0. The first kappa shape index (κ1) is 14.7. The van der Waals surface area contributed by atoms with Gasteiger partial charge in [0, 0.05) is 25.1 Å². The zero-order valence-corrected chi connectivity index (χ0v) is 11.9. The maximum Gasteiger partial charge on any atom is 0.215 e. The lowest BCUT2D eigenvalue weighted by Gasteiger charge is -2.25. The Morgan fingerprint density at radius 2 is 2.06 bits per heavy atom. The van der Waals surface area contributed by atoms with Crippen LogP contribution in [-0.2, 0) is 10.0 Å². The molecule has 17 heavy (non-hydrogen) atoms. The van der Waals surface area contributed by atoms with Gasteiger partial charge in [-0.25, -0.2) is 8.42 Å². The molecule has 0 aromatic carbocycles. The minimum Gasteiger partial charge on any atom is -0.396 e. The van der Waals surface area contributed by atoms with Crippen LogP contribution < -0.4 is 0 Å². The SMILES string of the molecule is CC(C)C1=CCN(S(=O)(=O)CC(C)(C)CO)C1. The Morgan fingerprint density at radius 1 is 1.47 bits per heavy atom. The van der Waals surface area contributed by atoms with Gasteiger partial charge in [0.2, 0.25) is 10.0 Å². The van der Waals surface area contributed by atoms with Crippen LogP contribution in [0.25, 0.3) is 0 Å². The Morgan fingerprint density at radius 3 is 2.47 bits per heavy atom. The van der Waals surface area contributed by atoms with Crippen LogP contribution >= 0.6 is 0 Å². The van der Waals surface area contributed by atoms with E-state index in [2.05, 4.69) is 13.8 Å². The van der Waals surface area contributed by atoms with Crippen LogP contribution in [0, 0.1) is 11.3 Å². The molecular weight excluding hydrogens is 238 g/mol. The van der Waals surface area contributed by atoms with Crippen molar-refractivity contribution >= 4 is 10.0 Å². The van der Waals surface area contributed by atoms with E-state index < -0.39 is 15.4 Å². The molecule has 5 heteroatoms. The van der Waals surface area contributed by atoms with Gasteiger partial charge >= 0.3 is 0 Å². The van der Waals surface area contributed by atoms with E-state index in [0.717, 1.165) is 0 Å². The lowest BCUT2D eigenvalue weighted by atomic mass is 9.98. The van der Waals surface area contributed by atoms with Gasteiger partial charge in [0.25, 0.3) is 0 Å². The number of hydrogen-bond donors (Lipinski definition) is 1. The third-order valence-electron chi connectivity index (χ3n) is 3.05. The largest absolute Gasteiger partial charge is 0.396 e. The van der Waals surface area contributed by atoms with E-state index in [4.69, 9.17) is 5.11 Å². The second-order valence-corrected chi connectivity index (χ2v) is 7.77. The molecule has 0 radical (unpaired) electrons. The second-order valence-electron chi connectivity index (χ2n) is 5.80. The molecule has 0 atom stereocenters. The van der Waals surface area contributed by atoms with Gasteiger partial charge in [0.15, 0.2) is 0 Å². The summed E-state index contributed by atoms with van der Waals surface area (Å²) in [6, 6.07) is 0. The maximum atomic E-state index is 12.2.